The van der Waals surface area contributed by atoms with Crippen LogP contribution in [-0.4, -0.2) is 6.61 Å². The molecule has 17 heavy (non-hydrogen) atoms. The molecule has 2 aromatic rings. The van der Waals surface area contributed by atoms with Crippen molar-refractivity contribution in [2.45, 2.75) is 13.3 Å². The molecule has 0 spiro atoms. The Hall–Kier alpha value is -2.21. The molecule has 1 aromatic carbocycles. The Morgan fingerprint density at radius 1 is 1.47 bits per heavy atom. The maximum Gasteiger partial charge on any atom is 0.246 e. The highest BCUT2D eigenvalue weighted by Crippen LogP contribution is 2.32. The van der Waals surface area contributed by atoms with E-state index in [0.717, 1.165) is 17.4 Å². The van der Waals surface area contributed by atoms with Crippen LogP contribution >= 0.6 is 0 Å². The number of nitriles is 1. The second kappa shape index (κ2) is 4.75. The average molecular weight is 227 g/mol. The summed E-state index contributed by atoms with van der Waals surface area (Å²) < 4.78 is 11.0. The fourth-order valence-electron chi connectivity index (χ4n) is 1.52. The number of para-hydroxylation sites is 1. The van der Waals surface area contributed by atoms with Crippen molar-refractivity contribution in [3.8, 4) is 11.8 Å². The number of fused-ring (bicyclic) bond motifs is 1. The van der Waals surface area contributed by atoms with E-state index in [1.54, 1.807) is 0 Å². The van der Waals surface area contributed by atoms with Gasteiger partial charge in [0.2, 0.25) is 5.76 Å². The van der Waals surface area contributed by atoms with Gasteiger partial charge in [0.15, 0.2) is 5.75 Å². The summed E-state index contributed by atoms with van der Waals surface area (Å²) in [5.41, 5.74) is 1.65. The van der Waals surface area contributed by atoms with Crippen LogP contribution in [0.1, 0.15) is 19.1 Å². The number of rotatable bonds is 4. The average Bonchev–Trinajstić information content (AvgIpc) is 2.73. The normalized spacial score (nSPS) is 10.1. The maximum atomic E-state index is 9.00. The molecule has 3 nitrogen and oxygen atoms in total. The SMILES string of the molecule is C=C(CC)COc1c(C#N)oc2ccccc12. The summed E-state index contributed by atoms with van der Waals surface area (Å²) in [6.45, 7) is 6.30. The van der Waals surface area contributed by atoms with Gasteiger partial charge in [-0.1, -0.05) is 25.6 Å². The number of hydrogen-bond acceptors (Lipinski definition) is 3. The molecule has 0 aliphatic heterocycles. The van der Waals surface area contributed by atoms with Crippen LogP contribution in [0.2, 0.25) is 0 Å². The van der Waals surface area contributed by atoms with E-state index in [-0.39, 0.29) is 5.76 Å². The Kier molecular flexibility index (Phi) is 3.15. The van der Waals surface area contributed by atoms with Gasteiger partial charge in [-0.25, -0.2) is 0 Å². The lowest BCUT2D eigenvalue weighted by Gasteiger charge is -2.05. The summed E-state index contributed by atoms with van der Waals surface area (Å²) in [6.07, 6.45) is 0.859. The van der Waals surface area contributed by atoms with Crippen LogP contribution in [0.25, 0.3) is 11.0 Å². The fourth-order valence-corrected chi connectivity index (χ4v) is 1.52. The van der Waals surface area contributed by atoms with Crippen LogP contribution in [0.5, 0.6) is 5.75 Å². The monoisotopic (exact) mass is 227 g/mol. The molecule has 0 N–H and O–H groups in total. The van der Waals surface area contributed by atoms with Crippen molar-refractivity contribution >= 4 is 11.0 Å². The molecule has 0 amide bonds. The predicted molar refractivity (Wildman–Crippen MR) is 65.9 cm³/mol. The summed E-state index contributed by atoms with van der Waals surface area (Å²) in [6, 6.07) is 9.45. The zero-order valence-electron chi connectivity index (χ0n) is 9.69. The smallest absolute Gasteiger partial charge is 0.246 e. The first-order valence-electron chi connectivity index (χ1n) is 5.47. The number of ether oxygens (including phenoxy) is 1. The lowest BCUT2D eigenvalue weighted by molar-refractivity contribution is 0.345. The van der Waals surface area contributed by atoms with Gasteiger partial charge in [0.05, 0.1) is 5.39 Å². The quantitative estimate of drug-likeness (QED) is 0.749. The van der Waals surface area contributed by atoms with Crippen LogP contribution < -0.4 is 4.74 Å². The molecule has 3 heteroatoms. The van der Waals surface area contributed by atoms with Gasteiger partial charge in [0, 0.05) is 0 Å². The molecule has 0 radical (unpaired) electrons. The zero-order chi connectivity index (χ0) is 12.3. The fraction of sp³-hybridized carbons (Fsp3) is 0.214. The molecule has 0 saturated carbocycles. The summed E-state index contributed by atoms with van der Waals surface area (Å²) >= 11 is 0. The largest absolute Gasteiger partial charge is 0.484 e. The van der Waals surface area contributed by atoms with E-state index < -0.39 is 0 Å². The van der Waals surface area contributed by atoms with Crippen LogP contribution in [0.15, 0.2) is 40.8 Å². The van der Waals surface area contributed by atoms with E-state index in [2.05, 4.69) is 6.58 Å². The molecular weight excluding hydrogens is 214 g/mol. The minimum Gasteiger partial charge on any atom is -0.484 e. The first-order valence-corrected chi connectivity index (χ1v) is 5.47. The van der Waals surface area contributed by atoms with E-state index in [4.69, 9.17) is 14.4 Å². The lowest BCUT2D eigenvalue weighted by atomic mass is 10.2. The van der Waals surface area contributed by atoms with Crippen molar-refractivity contribution in [1.29, 1.82) is 5.26 Å². The highest BCUT2D eigenvalue weighted by atomic mass is 16.5. The molecule has 2 rings (SSSR count). The van der Waals surface area contributed by atoms with E-state index >= 15 is 0 Å². The minimum atomic E-state index is 0.218. The molecule has 0 atom stereocenters. The van der Waals surface area contributed by atoms with E-state index in [9.17, 15) is 0 Å². The molecule has 0 saturated heterocycles. The molecule has 0 aliphatic carbocycles. The zero-order valence-corrected chi connectivity index (χ0v) is 9.69. The molecule has 1 aromatic heterocycles. The van der Waals surface area contributed by atoms with Crippen LogP contribution in [-0.2, 0) is 0 Å². The summed E-state index contributed by atoms with van der Waals surface area (Å²) in [7, 11) is 0. The molecular formula is C14H13NO2. The van der Waals surface area contributed by atoms with Crippen LogP contribution in [0, 0.1) is 11.3 Å². The van der Waals surface area contributed by atoms with Gasteiger partial charge >= 0.3 is 0 Å². The van der Waals surface area contributed by atoms with Gasteiger partial charge in [-0.3, -0.25) is 0 Å². The second-order valence-electron chi connectivity index (χ2n) is 3.76. The maximum absolute atomic E-state index is 9.00. The number of benzene rings is 1. The number of furan rings is 1. The topological polar surface area (TPSA) is 46.2 Å². The number of hydrogen-bond donors (Lipinski definition) is 0. The van der Waals surface area contributed by atoms with Gasteiger partial charge in [-0.05, 0) is 24.1 Å². The van der Waals surface area contributed by atoms with Crippen molar-refractivity contribution in [3.05, 3.63) is 42.2 Å². The van der Waals surface area contributed by atoms with E-state index in [1.165, 1.54) is 0 Å². The Morgan fingerprint density at radius 3 is 2.94 bits per heavy atom. The van der Waals surface area contributed by atoms with Gasteiger partial charge in [-0.15, -0.1) is 0 Å². The van der Waals surface area contributed by atoms with Gasteiger partial charge in [0.25, 0.3) is 0 Å². The van der Waals surface area contributed by atoms with Crippen molar-refractivity contribution in [2.75, 3.05) is 6.61 Å². The van der Waals surface area contributed by atoms with Crippen LogP contribution in [0.3, 0.4) is 0 Å². The van der Waals surface area contributed by atoms with Gasteiger partial charge < -0.3 is 9.15 Å². The third-order valence-electron chi connectivity index (χ3n) is 2.57. The Labute approximate surface area is 99.9 Å². The molecule has 86 valence electrons. The Morgan fingerprint density at radius 2 is 2.24 bits per heavy atom. The van der Waals surface area contributed by atoms with Gasteiger partial charge in [-0.2, -0.15) is 5.26 Å². The first kappa shape index (κ1) is 11.3. The van der Waals surface area contributed by atoms with Crippen molar-refractivity contribution in [3.63, 3.8) is 0 Å². The van der Waals surface area contributed by atoms with E-state index in [0.29, 0.717) is 17.9 Å². The highest BCUT2D eigenvalue weighted by molar-refractivity contribution is 5.86. The molecule has 0 unspecified atom stereocenters. The van der Waals surface area contributed by atoms with Crippen LogP contribution in [0.4, 0.5) is 0 Å². The molecule has 0 aliphatic rings. The molecule has 1 heterocycles. The third-order valence-corrected chi connectivity index (χ3v) is 2.57. The first-order chi connectivity index (χ1) is 8.26. The van der Waals surface area contributed by atoms with Crippen molar-refractivity contribution in [1.82, 2.24) is 0 Å². The Bertz CT molecular complexity index is 590. The van der Waals surface area contributed by atoms with Crippen molar-refractivity contribution < 1.29 is 9.15 Å². The third kappa shape index (κ3) is 2.16. The van der Waals surface area contributed by atoms with Gasteiger partial charge in [0.1, 0.15) is 18.3 Å². The second-order valence-corrected chi connectivity index (χ2v) is 3.76. The predicted octanol–water partition coefficient (Wildman–Crippen LogP) is 3.65. The standard InChI is InChI=1S/C14H13NO2/c1-3-10(2)9-16-14-11-6-4-5-7-12(11)17-13(14)8-15/h4-7H,2-3,9H2,1H3. The number of nitrogens with zero attached hydrogens (tertiary/aromatic N) is 1. The molecule has 0 fully saturated rings. The van der Waals surface area contributed by atoms with E-state index in [1.807, 2.05) is 37.3 Å². The Balaban J connectivity index is 2.37. The minimum absolute atomic E-state index is 0.218. The highest BCUT2D eigenvalue weighted by Gasteiger charge is 2.14. The summed E-state index contributed by atoms with van der Waals surface area (Å²) in [5, 5.41) is 9.82. The summed E-state index contributed by atoms with van der Waals surface area (Å²) in [4.78, 5) is 0. The molecule has 0 bridgehead atoms. The van der Waals surface area contributed by atoms with Crippen molar-refractivity contribution in [2.24, 2.45) is 0 Å². The summed E-state index contributed by atoms with van der Waals surface area (Å²) in [5.74, 6) is 0.729. The lowest BCUT2D eigenvalue weighted by Crippen LogP contribution is -1.99.